The molecule has 3 N–H and O–H groups in total. The molecule has 3 nitrogen and oxygen atoms in total. The first-order chi connectivity index (χ1) is 9.40. The summed E-state index contributed by atoms with van der Waals surface area (Å²) < 4.78 is 14.4. The molecular formula is C16H24FN3. The minimum atomic E-state index is -0.349. The van der Waals surface area contributed by atoms with Crippen LogP contribution in [0.3, 0.4) is 0 Å². The van der Waals surface area contributed by atoms with E-state index in [0.717, 1.165) is 6.54 Å². The third-order valence-corrected chi connectivity index (χ3v) is 4.46. The summed E-state index contributed by atoms with van der Waals surface area (Å²) in [6.45, 7) is 8.30. The van der Waals surface area contributed by atoms with E-state index < -0.39 is 0 Å². The number of piperidine rings is 1. The Morgan fingerprint density at radius 1 is 1.40 bits per heavy atom. The molecule has 0 bridgehead atoms. The van der Waals surface area contributed by atoms with Crippen LogP contribution in [0, 0.1) is 23.1 Å². The molecule has 3 unspecified atom stereocenters. The lowest BCUT2D eigenvalue weighted by molar-refractivity contribution is 0.0720. The quantitative estimate of drug-likeness (QED) is 0.659. The van der Waals surface area contributed by atoms with Gasteiger partial charge in [0.15, 0.2) is 0 Å². The summed E-state index contributed by atoms with van der Waals surface area (Å²) in [6.07, 6.45) is 1.23. The van der Waals surface area contributed by atoms with E-state index in [1.807, 2.05) is 0 Å². The molecule has 1 aliphatic heterocycles. The van der Waals surface area contributed by atoms with Gasteiger partial charge in [0.25, 0.3) is 0 Å². The van der Waals surface area contributed by atoms with Gasteiger partial charge in [0.05, 0.1) is 5.56 Å². The number of hydrogen-bond donors (Lipinski definition) is 2. The maximum Gasteiger partial charge on any atom is 0.138 e. The van der Waals surface area contributed by atoms with Crippen molar-refractivity contribution >= 4 is 5.84 Å². The van der Waals surface area contributed by atoms with Crippen LogP contribution >= 0.6 is 0 Å². The monoisotopic (exact) mass is 277 g/mol. The fraction of sp³-hybridized carbons (Fsp3) is 0.562. The molecule has 1 fully saturated rings. The van der Waals surface area contributed by atoms with Crippen molar-refractivity contribution in [2.24, 2.45) is 17.6 Å². The molecule has 110 valence electrons. The first-order valence-electron chi connectivity index (χ1n) is 7.26. The second-order valence-corrected chi connectivity index (χ2v) is 6.18. The largest absolute Gasteiger partial charge is 0.384 e. The van der Waals surface area contributed by atoms with E-state index in [2.05, 4.69) is 25.7 Å². The topological polar surface area (TPSA) is 53.1 Å². The smallest absolute Gasteiger partial charge is 0.138 e. The highest BCUT2D eigenvalue weighted by atomic mass is 19.1. The molecule has 0 radical (unpaired) electrons. The van der Waals surface area contributed by atoms with Crippen molar-refractivity contribution in [2.45, 2.75) is 39.8 Å². The number of hydrogen-bond acceptors (Lipinski definition) is 2. The van der Waals surface area contributed by atoms with Crippen molar-refractivity contribution < 1.29 is 4.39 Å². The van der Waals surface area contributed by atoms with E-state index in [9.17, 15) is 4.39 Å². The lowest BCUT2D eigenvalue weighted by Gasteiger charge is -2.41. The second-order valence-electron chi connectivity index (χ2n) is 6.18. The normalized spacial score (nSPS) is 27.5. The molecule has 2 rings (SSSR count). The third-order valence-electron chi connectivity index (χ3n) is 4.46. The summed E-state index contributed by atoms with van der Waals surface area (Å²) >= 11 is 0. The average molecular weight is 277 g/mol. The number of rotatable bonds is 3. The molecule has 20 heavy (non-hydrogen) atoms. The lowest BCUT2D eigenvalue weighted by atomic mass is 9.85. The van der Waals surface area contributed by atoms with Gasteiger partial charge in [-0.15, -0.1) is 0 Å². The molecule has 0 amide bonds. The highest BCUT2D eigenvalue weighted by molar-refractivity contribution is 5.95. The minimum Gasteiger partial charge on any atom is -0.384 e. The van der Waals surface area contributed by atoms with E-state index in [0.29, 0.717) is 30.0 Å². The standard InChI is InChI=1S/C16H24FN3/c1-10-7-11(2)12(3)20(8-10)9-13-5-4-6-14(15(13)17)16(18)19/h4-6,10-12H,7-9H2,1-3H3,(H3,18,19). The first kappa shape index (κ1) is 15.0. The third kappa shape index (κ3) is 3.01. The maximum absolute atomic E-state index is 14.4. The van der Waals surface area contributed by atoms with Crippen LogP contribution in [-0.4, -0.2) is 23.3 Å². The van der Waals surface area contributed by atoms with Gasteiger partial charge < -0.3 is 5.73 Å². The highest BCUT2D eigenvalue weighted by Gasteiger charge is 2.29. The Morgan fingerprint density at radius 2 is 2.10 bits per heavy atom. The zero-order valence-electron chi connectivity index (χ0n) is 12.5. The van der Waals surface area contributed by atoms with Crippen LogP contribution in [0.25, 0.3) is 0 Å². The van der Waals surface area contributed by atoms with E-state index in [-0.39, 0.29) is 17.2 Å². The second kappa shape index (κ2) is 5.92. The summed E-state index contributed by atoms with van der Waals surface area (Å²) in [7, 11) is 0. The molecular weight excluding hydrogens is 253 g/mol. The Hall–Kier alpha value is -1.42. The molecule has 4 heteroatoms. The number of halogens is 1. The van der Waals surface area contributed by atoms with Gasteiger partial charge in [-0.25, -0.2) is 4.39 Å². The Bertz CT molecular complexity index is 500. The van der Waals surface area contributed by atoms with Crippen LogP contribution in [0.5, 0.6) is 0 Å². The molecule has 1 heterocycles. The van der Waals surface area contributed by atoms with Crippen molar-refractivity contribution in [3.8, 4) is 0 Å². The molecule has 1 aromatic rings. The summed E-state index contributed by atoms with van der Waals surface area (Å²) in [5.74, 6) is 0.703. The Labute approximate surface area is 120 Å². The zero-order valence-corrected chi connectivity index (χ0v) is 12.5. The average Bonchev–Trinajstić information content (AvgIpc) is 2.37. The molecule has 1 aromatic carbocycles. The van der Waals surface area contributed by atoms with Crippen LogP contribution in [0.15, 0.2) is 18.2 Å². The van der Waals surface area contributed by atoms with E-state index in [1.54, 1.807) is 18.2 Å². The van der Waals surface area contributed by atoms with Gasteiger partial charge in [-0.1, -0.05) is 26.0 Å². The van der Waals surface area contributed by atoms with Crippen molar-refractivity contribution in [2.75, 3.05) is 6.54 Å². The van der Waals surface area contributed by atoms with Gasteiger partial charge in [-0.05, 0) is 31.2 Å². The van der Waals surface area contributed by atoms with Crippen molar-refractivity contribution in [3.05, 3.63) is 35.1 Å². The number of benzene rings is 1. The Balaban J connectivity index is 2.21. The predicted octanol–water partition coefficient (Wildman–Crippen LogP) is 2.98. The maximum atomic E-state index is 14.4. The Morgan fingerprint density at radius 3 is 2.75 bits per heavy atom. The SMILES string of the molecule is CC1CC(C)C(C)N(Cc2cccc(C(=N)N)c2F)C1. The summed E-state index contributed by atoms with van der Waals surface area (Å²) in [6, 6.07) is 5.58. The fourth-order valence-corrected chi connectivity index (χ4v) is 3.17. The molecule has 0 spiro atoms. The van der Waals surface area contributed by atoms with Crippen molar-refractivity contribution in [3.63, 3.8) is 0 Å². The molecule has 0 aromatic heterocycles. The van der Waals surface area contributed by atoms with Gasteiger partial charge in [0.2, 0.25) is 0 Å². The molecule has 0 saturated carbocycles. The van der Waals surface area contributed by atoms with E-state index in [4.69, 9.17) is 11.1 Å². The minimum absolute atomic E-state index is 0.202. The summed E-state index contributed by atoms with van der Waals surface area (Å²) in [5.41, 5.74) is 6.25. The fourth-order valence-electron chi connectivity index (χ4n) is 3.17. The van der Waals surface area contributed by atoms with Gasteiger partial charge in [-0.3, -0.25) is 10.3 Å². The van der Waals surface area contributed by atoms with Gasteiger partial charge in [0, 0.05) is 24.7 Å². The predicted molar refractivity (Wildman–Crippen MR) is 80.2 cm³/mol. The number of nitrogens with one attached hydrogen (secondary N) is 1. The van der Waals surface area contributed by atoms with Gasteiger partial charge in [0.1, 0.15) is 11.7 Å². The first-order valence-corrected chi connectivity index (χ1v) is 7.26. The van der Waals surface area contributed by atoms with Crippen molar-refractivity contribution in [1.29, 1.82) is 5.41 Å². The lowest BCUT2D eigenvalue weighted by Crippen LogP contribution is -2.45. The number of amidine groups is 1. The summed E-state index contributed by atoms with van der Waals surface area (Å²) in [4.78, 5) is 2.33. The molecule has 0 aliphatic carbocycles. The highest BCUT2D eigenvalue weighted by Crippen LogP contribution is 2.28. The summed E-state index contributed by atoms with van der Waals surface area (Å²) in [5, 5.41) is 7.42. The molecule has 1 aliphatic rings. The van der Waals surface area contributed by atoms with Crippen LogP contribution in [-0.2, 0) is 6.54 Å². The zero-order chi connectivity index (χ0) is 14.9. The van der Waals surface area contributed by atoms with Crippen LogP contribution in [0.2, 0.25) is 0 Å². The van der Waals surface area contributed by atoms with Crippen molar-refractivity contribution in [1.82, 2.24) is 4.90 Å². The van der Waals surface area contributed by atoms with E-state index in [1.165, 1.54) is 6.42 Å². The number of likely N-dealkylation sites (tertiary alicyclic amines) is 1. The number of nitrogens with two attached hydrogens (primary N) is 1. The molecule has 3 atom stereocenters. The van der Waals surface area contributed by atoms with Crippen LogP contribution in [0.4, 0.5) is 4.39 Å². The number of nitrogen functional groups attached to an aromatic ring is 1. The number of nitrogens with zero attached hydrogens (tertiary/aromatic N) is 1. The van der Waals surface area contributed by atoms with Gasteiger partial charge in [-0.2, -0.15) is 0 Å². The van der Waals surface area contributed by atoms with Crippen LogP contribution in [0.1, 0.15) is 38.3 Å². The van der Waals surface area contributed by atoms with E-state index >= 15 is 0 Å². The Kier molecular flexibility index (Phi) is 4.43. The van der Waals surface area contributed by atoms with Gasteiger partial charge >= 0.3 is 0 Å². The molecule has 1 saturated heterocycles. The van der Waals surface area contributed by atoms with Crippen LogP contribution < -0.4 is 5.73 Å².